The standard InChI is InChI=1S/C32H51F4NO5S/c1-5-22-26-15-20(38)11-13-30(26,4)25-12-14-29(3)23(9-10-24(29)27(25)28(22)40)19(2)7-6-8-21(39)16-43(41,42)37-17-31(33,34)32(35,36)18-37/h19-20,22-28,38,40H,5-18H2,1-4H3/t19-,20-,22-,23-,24+,25+,26+,27+,28-,29-,30-/m1/s1. The molecule has 0 bridgehead atoms. The first-order valence-electron chi connectivity index (χ1n) is 16.5. The first kappa shape index (κ1) is 33.6. The summed E-state index contributed by atoms with van der Waals surface area (Å²) in [5.74, 6) is -8.23. The van der Waals surface area contributed by atoms with E-state index in [2.05, 4.69) is 27.7 Å². The molecule has 2 N–H and O–H groups in total. The minimum Gasteiger partial charge on any atom is -0.393 e. The molecule has 1 heterocycles. The van der Waals surface area contributed by atoms with E-state index in [0.29, 0.717) is 36.5 Å². The number of alkyl halides is 4. The topological polar surface area (TPSA) is 94.9 Å². The molecule has 43 heavy (non-hydrogen) atoms. The molecule has 0 aromatic heterocycles. The molecule has 0 amide bonds. The Morgan fingerprint density at radius 2 is 1.53 bits per heavy atom. The lowest BCUT2D eigenvalue weighted by atomic mass is 9.41. The van der Waals surface area contributed by atoms with Gasteiger partial charge in [-0.1, -0.05) is 40.5 Å². The van der Waals surface area contributed by atoms with Crippen molar-refractivity contribution in [1.29, 1.82) is 0 Å². The van der Waals surface area contributed by atoms with Crippen LogP contribution >= 0.6 is 0 Å². The van der Waals surface area contributed by atoms with Crippen molar-refractivity contribution in [2.45, 2.75) is 122 Å². The first-order valence-corrected chi connectivity index (χ1v) is 18.1. The molecule has 1 saturated heterocycles. The van der Waals surface area contributed by atoms with Gasteiger partial charge in [-0.05, 0) is 104 Å². The number of fused-ring (bicyclic) bond motifs is 5. The second-order valence-electron chi connectivity index (χ2n) is 15.5. The molecule has 5 aliphatic rings. The number of halogens is 4. The van der Waals surface area contributed by atoms with Crippen molar-refractivity contribution in [3.05, 3.63) is 0 Å². The van der Waals surface area contributed by atoms with Gasteiger partial charge in [-0.2, -0.15) is 21.9 Å². The van der Waals surface area contributed by atoms with E-state index < -0.39 is 46.5 Å². The van der Waals surface area contributed by atoms with Crippen molar-refractivity contribution in [1.82, 2.24) is 4.31 Å². The zero-order valence-electron chi connectivity index (χ0n) is 26.1. The van der Waals surface area contributed by atoms with E-state index in [1.807, 2.05) is 0 Å². The van der Waals surface area contributed by atoms with Crippen LogP contribution in [0.5, 0.6) is 0 Å². The van der Waals surface area contributed by atoms with Gasteiger partial charge in [0.1, 0.15) is 11.5 Å². The van der Waals surface area contributed by atoms with Crippen LogP contribution in [0.2, 0.25) is 0 Å². The minimum atomic E-state index is -4.55. The first-order chi connectivity index (χ1) is 19.9. The molecule has 11 atom stereocenters. The molecule has 0 aromatic rings. The number of nitrogens with zero attached hydrogens (tertiary/aromatic N) is 1. The Hall–Kier alpha value is -0.780. The Balaban J connectivity index is 1.19. The van der Waals surface area contributed by atoms with Crippen LogP contribution in [0.4, 0.5) is 17.6 Å². The zero-order chi connectivity index (χ0) is 31.8. The van der Waals surface area contributed by atoms with Gasteiger partial charge in [0.05, 0.1) is 25.3 Å². The summed E-state index contributed by atoms with van der Waals surface area (Å²) in [7, 11) is -4.55. The van der Waals surface area contributed by atoms with E-state index in [-0.39, 0.29) is 51.5 Å². The summed E-state index contributed by atoms with van der Waals surface area (Å²) in [6.07, 6.45) is 8.30. The van der Waals surface area contributed by atoms with Crippen LogP contribution in [0.3, 0.4) is 0 Å². The molecular formula is C32H51F4NO5S. The van der Waals surface area contributed by atoms with Gasteiger partial charge in [0.25, 0.3) is 0 Å². The molecule has 11 heteroatoms. The fraction of sp³-hybridized carbons (Fsp3) is 0.969. The van der Waals surface area contributed by atoms with Crippen molar-refractivity contribution in [3.8, 4) is 0 Å². The van der Waals surface area contributed by atoms with Gasteiger partial charge >= 0.3 is 11.8 Å². The van der Waals surface area contributed by atoms with Crippen LogP contribution in [0.25, 0.3) is 0 Å². The lowest BCUT2D eigenvalue weighted by Crippen LogP contribution is -2.62. The molecule has 5 fully saturated rings. The van der Waals surface area contributed by atoms with E-state index in [9.17, 15) is 41.0 Å². The minimum absolute atomic E-state index is 0.0375. The van der Waals surface area contributed by atoms with Gasteiger partial charge in [0, 0.05) is 6.42 Å². The van der Waals surface area contributed by atoms with Crippen molar-refractivity contribution < 1.29 is 41.0 Å². The molecule has 5 rings (SSSR count). The van der Waals surface area contributed by atoms with Gasteiger partial charge < -0.3 is 10.2 Å². The van der Waals surface area contributed by atoms with Gasteiger partial charge in [-0.15, -0.1) is 0 Å². The van der Waals surface area contributed by atoms with E-state index in [1.165, 1.54) is 0 Å². The van der Waals surface area contributed by atoms with E-state index in [0.717, 1.165) is 51.4 Å². The smallest absolute Gasteiger partial charge is 0.325 e. The predicted molar refractivity (Wildman–Crippen MR) is 155 cm³/mol. The van der Waals surface area contributed by atoms with Crippen LogP contribution in [-0.2, 0) is 14.8 Å². The molecule has 248 valence electrons. The second-order valence-corrected chi connectivity index (χ2v) is 17.4. The van der Waals surface area contributed by atoms with Crippen molar-refractivity contribution in [2.75, 3.05) is 18.8 Å². The number of sulfonamides is 1. The van der Waals surface area contributed by atoms with Crippen LogP contribution in [0.1, 0.15) is 98.3 Å². The van der Waals surface area contributed by atoms with Crippen molar-refractivity contribution >= 4 is 15.8 Å². The van der Waals surface area contributed by atoms with Crippen molar-refractivity contribution in [2.24, 2.45) is 52.3 Å². The number of ketones is 1. The second kappa shape index (κ2) is 11.5. The number of hydrogen-bond donors (Lipinski definition) is 2. The Labute approximate surface area is 254 Å². The van der Waals surface area contributed by atoms with Gasteiger partial charge in [-0.25, -0.2) is 8.42 Å². The van der Waals surface area contributed by atoms with E-state index in [4.69, 9.17) is 0 Å². The van der Waals surface area contributed by atoms with Crippen LogP contribution < -0.4 is 0 Å². The highest BCUT2D eigenvalue weighted by Crippen LogP contribution is 2.69. The normalized spacial score (nSPS) is 44.8. The summed E-state index contributed by atoms with van der Waals surface area (Å²) >= 11 is 0. The average Bonchev–Trinajstić information content (AvgIpc) is 3.37. The molecule has 0 spiro atoms. The van der Waals surface area contributed by atoms with Gasteiger partial charge in [0.2, 0.25) is 10.0 Å². The fourth-order valence-electron chi connectivity index (χ4n) is 11.0. The summed E-state index contributed by atoms with van der Waals surface area (Å²) in [6.45, 7) is 5.95. The maximum atomic E-state index is 13.5. The average molecular weight is 638 g/mol. The summed E-state index contributed by atoms with van der Waals surface area (Å²) in [4.78, 5) is 12.5. The number of hydrogen-bond acceptors (Lipinski definition) is 5. The molecule has 6 nitrogen and oxygen atoms in total. The van der Waals surface area contributed by atoms with E-state index in [1.54, 1.807) is 0 Å². The number of carbonyl (C=O) groups excluding carboxylic acids is 1. The summed E-state index contributed by atoms with van der Waals surface area (Å²) < 4.78 is 79.0. The number of aliphatic hydroxyl groups is 2. The van der Waals surface area contributed by atoms with Crippen LogP contribution in [0, 0.1) is 52.3 Å². The number of Topliss-reactive ketones (excluding diaryl/α,β-unsaturated/α-hetero) is 1. The maximum absolute atomic E-state index is 13.5. The molecule has 0 radical (unpaired) electrons. The van der Waals surface area contributed by atoms with Gasteiger partial charge in [-0.3, -0.25) is 4.79 Å². The Morgan fingerprint density at radius 1 is 0.930 bits per heavy atom. The maximum Gasteiger partial charge on any atom is 0.325 e. The molecule has 0 unspecified atom stereocenters. The van der Waals surface area contributed by atoms with Gasteiger partial charge in [0.15, 0.2) is 0 Å². The molecule has 4 saturated carbocycles. The highest BCUT2D eigenvalue weighted by molar-refractivity contribution is 7.89. The number of carbonyl (C=O) groups is 1. The Bertz CT molecular complexity index is 1150. The molecule has 0 aromatic carbocycles. The Kier molecular flexibility index (Phi) is 8.96. The Morgan fingerprint density at radius 3 is 2.16 bits per heavy atom. The monoisotopic (exact) mass is 637 g/mol. The summed E-state index contributed by atoms with van der Waals surface area (Å²) in [5, 5.41) is 22.4. The lowest BCUT2D eigenvalue weighted by molar-refractivity contribution is -0.203. The number of rotatable bonds is 9. The van der Waals surface area contributed by atoms with Crippen LogP contribution in [-0.4, -0.2) is 71.6 Å². The zero-order valence-corrected chi connectivity index (χ0v) is 26.9. The highest BCUT2D eigenvalue weighted by Gasteiger charge is 2.66. The largest absolute Gasteiger partial charge is 0.393 e. The molecular weight excluding hydrogens is 586 g/mol. The third-order valence-electron chi connectivity index (χ3n) is 13.3. The van der Waals surface area contributed by atoms with Crippen molar-refractivity contribution in [3.63, 3.8) is 0 Å². The fourth-order valence-corrected chi connectivity index (χ4v) is 12.5. The summed E-state index contributed by atoms with van der Waals surface area (Å²) in [6, 6.07) is 0. The quantitative estimate of drug-likeness (QED) is 0.307. The predicted octanol–water partition coefficient (Wildman–Crippen LogP) is 5.90. The number of aliphatic hydroxyl groups excluding tert-OH is 2. The highest BCUT2D eigenvalue weighted by atomic mass is 32.2. The molecule has 1 aliphatic heterocycles. The molecule has 4 aliphatic carbocycles. The third-order valence-corrected chi connectivity index (χ3v) is 15.0. The summed E-state index contributed by atoms with van der Waals surface area (Å²) in [5.41, 5.74) is 0.202. The lowest BCUT2D eigenvalue weighted by Gasteiger charge is -2.64. The van der Waals surface area contributed by atoms with Crippen LogP contribution in [0.15, 0.2) is 0 Å². The third kappa shape index (κ3) is 5.62. The SMILES string of the molecule is CC[C@H]1[C@@H](O)[C@@H]2[C@H](CC[C@]3(C)[C@@H]([C@H](C)CCCC(=O)CS(=O)(=O)N4CC(F)(F)C(F)(F)C4)CC[C@@H]23)[C@@]2(C)CC[C@@H](O)C[C@@H]12. The van der Waals surface area contributed by atoms with E-state index >= 15 is 0 Å².